The summed E-state index contributed by atoms with van der Waals surface area (Å²) in [5, 5.41) is 7.08. The largest absolute Gasteiger partial charge is 0.376 e. The second-order valence-electron chi connectivity index (χ2n) is 9.38. The van der Waals surface area contributed by atoms with Crippen molar-refractivity contribution in [2.24, 2.45) is 5.41 Å². The first kappa shape index (κ1) is 20.8. The number of nitrogens with zero attached hydrogens (tertiary/aromatic N) is 5. The molecule has 2 saturated heterocycles. The van der Waals surface area contributed by atoms with Gasteiger partial charge >= 0.3 is 0 Å². The number of nitrogens with one attached hydrogen (secondary N) is 1. The van der Waals surface area contributed by atoms with Gasteiger partial charge in [0.1, 0.15) is 0 Å². The van der Waals surface area contributed by atoms with E-state index in [0.717, 1.165) is 80.4 Å². The van der Waals surface area contributed by atoms with Gasteiger partial charge in [-0.15, -0.1) is 5.10 Å². The zero-order chi connectivity index (χ0) is 21.4. The van der Waals surface area contributed by atoms with E-state index in [1.807, 2.05) is 19.9 Å². The molecule has 0 radical (unpaired) electrons. The molecular formula is C22H30N6O2S. The van der Waals surface area contributed by atoms with Gasteiger partial charge in [0.25, 0.3) is 5.91 Å². The Labute approximate surface area is 187 Å². The van der Waals surface area contributed by atoms with Crippen LogP contribution in [0.25, 0.3) is 0 Å². The number of hydrogen-bond donors (Lipinski definition) is 1. The zero-order valence-electron chi connectivity index (χ0n) is 18.3. The lowest BCUT2D eigenvalue weighted by atomic mass is 9.73. The van der Waals surface area contributed by atoms with Gasteiger partial charge in [0.2, 0.25) is 5.95 Å². The molecule has 1 saturated carbocycles. The molecule has 3 fully saturated rings. The minimum Gasteiger partial charge on any atom is -0.376 e. The lowest BCUT2D eigenvalue weighted by Gasteiger charge is -2.45. The normalized spacial score (nSPS) is 23.2. The number of piperidine rings is 1. The first-order valence-corrected chi connectivity index (χ1v) is 12.1. The molecule has 1 amide bonds. The number of rotatable bonds is 5. The first-order valence-electron chi connectivity index (χ1n) is 11.3. The Balaban J connectivity index is 1.10. The van der Waals surface area contributed by atoms with Crippen molar-refractivity contribution in [3.63, 3.8) is 0 Å². The highest BCUT2D eigenvalue weighted by atomic mass is 32.1. The number of aryl methyl sites for hydroxylation is 2. The summed E-state index contributed by atoms with van der Waals surface area (Å²) in [6.45, 7) is 7.28. The van der Waals surface area contributed by atoms with Crippen LogP contribution in [0.15, 0.2) is 6.07 Å². The molecule has 2 aromatic rings. The Morgan fingerprint density at radius 1 is 1.19 bits per heavy atom. The quantitative estimate of drug-likeness (QED) is 0.761. The molecule has 0 unspecified atom stereocenters. The topological polar surface area (TPSA) is 93.1 Å². The van der Waals surface area contributed by atoms with E-state index in [1.54, 1.807) is 0 Å². The van der Waals surface area contributed by atoms with Crippen LogP contribution in [-0.2, 0) is 4.74 Å². The lowest BCUT2D eigenvalue weighted by molar-refractivity contribution is -0.0700. The van der Waals surface area contributed by atoms with Crippen molar-refractivity contribution < 1.29 is 9.53 Å². The predicted molar refractivity (Wildman–Crippen MR) is 119 cm³/mol. The molecule has 5 rings (SSSR count). The molecule has 31 heavy (non-hydrogen) atoms. The molecule has 4 heterocycles. The summed E-state index contributed by atoms with van der Waals surface area (Å²) >= 11 is 1.36. The third kappa shape index (κ3) is 4.57. The average molecular weight is 443 g/mol. The predicted octanol–water partition coefficient (Wildman–Crippen LogP) is 3.02. The second-order valence-corrected chi connectivity index (χ2v) is 10.2. The monoisotopic (exact) mass is 442 g/mol. The van der Waals surface area contributed by atoms with Crippen LogP contribution in [0, 0.1) is 19.3 Å². The van der Waals surface area contributed by atoms with Gasteiger partial charge in [0.15, 0.2) is 5.69 Å². The highest BCUT2D eigenvalue weighted by molar-refractivity contribution is 7.06. The summed E-state index contributed by atoms with van der Waals surface area (Å²) < 4.78 is 10.2. The van der Waals surface area contributed by atoms with Gasteiger partial charge in [-0.3, -0.25) is 4.79 Å². The van der Waals surface area contributed by atoms with Crippen LogP contribution >= 0.6 is 11.5 Å². The van der Waals surface area contributed by atoms with Crippen LogP contribution in [-0.4, -0.2) is 57.8 Å². The van der Waals surface area contributed by atoms with E-state index in [-0.39, 0.29) is 17.4 Å². The summed E-state index contributed by atoms with van der Waals surface area (Å²) in [6.07, 6.45) is 6.67. The van der Waals surface area contributed by atoms with E-state index in [2.05, 4.69) is 29.8 Å². The number of hydrogen-bond acceptors (Lipinski definition) is 8. The fourth-order valence-corrected chi connectivity index (χ4v) is 5.58. The van der Waals surface area contributed by atoms with Gasteiger partial charge in [0.05, 0.1) is 17.6 Å². The minimum atomic E-state index is -0.110. The fraction of sp³-hybridized carbons (Fsp3) is 0.682. The Kier molecular flexibility index (Phi) is 5.64. The molecule has 0 aromatic carbocycles. The van der Waals surface area contributed by atoms with E-state index < -0.39 is 0 Å². The summed E-state index contributed by atoms with van der Waals surface area (Å²) in [5.41, 5.74) is 2.80. The van der Waals surface area contributed by atoms with Gasteiger partial charge in [0, 0.05) is 31.0 Å². The van der Waals surface area contributed by atoms with Crippen molar-refractivity contribution in [3.8, 4) is 0 Å². The van der Waals surface area contributed by atoms with Crippen molar-refractivity contribution in [1.29, 1.82) is 0 Å². The van der Waals surface area contributed by atoms with Crippen molar-refractivity contribution >= 4 is 23.4 Å². The molecule has 1 N–H and O–H groups in total. The first-order chi connectivity index (χ1) is 15.0. The van der Waals surface area contributed by atoms with E-state index >= 15 is 0 Å². The number of aromatic nitrogens is 4. The summed E-state index contributed by atoms with van der Waals surface area (Å²) in [5.74, 6) is 1.24. The SMILES string of the molecule is Cc1cc(C)nc(N2CCC3(CC[C@H](CNC(=O)c4nnsc4C4CC4)OC3)CC2)n1. The number of carbonyl (C=O) groups excluding carboxylic acids is 1. The van der Waals surface area contributed by atoms with Gasteiger partial charge in [-0.05, 0) is 81.3 Å². The lowest BCUT2D eigenvalue weighted by Crippen LogP contribution is -2.48. The van der Waals surface area contributed by atoms with E-state index in [1.165, 1.54) is 11.5 Å². The maximum Gasteiger partial charge on any atom is 0.273 e. The molecule has 2 aliphatic heterocycles. The Hall–Kier alpha value is -2.13. The number of anilines is 1. The van der Waals surface area contributed by atoms with Crippen molar-refractivity contribution in [1.82, 2.24) is 24.9 Å². The molecule has 1 spiro atoms. The maximum atomic E-state index is 12.5. The molecule has 166 valence electrons. The molecule has 3 aliphatic rings. The molecule has 9 heteroatoms. The minimum absolute atomic E-state index is 0.0753. The molecule has 8 nitrogen and oxygen atoms in total. The molecule has 1 aliphatic carbocycles. The Morgan fingerprint density at radius 3 is 2.58 bits per heavy atom. The molecule has 0 bridgehead atoms. The van der Waals surface area contributed by atoms with Gasteiger partial charge in [-0.2, -0.15) is 0 Å². The van der Waals surface area contributed by atoms with Gasteiger partial charge in [-0.25, -0.2) is 9.97 Å². The van der Waals surface area contributed by atoms with E-state index in [0.29, 0.717) is 18.2 Å². The summed E-state index contributed by atoms with van der Waals surface area (Å²) in [7, 11) is 0. The zero-order valence-corrected chi connectivity index (χ0v) is 19.1. The summed E-state index contributed by atoms with van der Waals surface area (Å²) in [6, 6.07) is 2.01. The van der Waals surface area contributed by atoms with E-state index in [9.17, 15) is 4.79 Å². The van der Waals surface area contributed by atoms with Crippen LogP contribution in [0.5, 0.6) is 0 Å². The highest BCUT2D eigenvalue weighted by Crippen LogP contribution is 2.43. The third-order valence-electron chi connectivity index (χ3n) is 6.87. The number of carbonyl (C=O) groups is 1. The van der Waals surface area contributed by atoms with Crippen LogP contribution in [0.3, 0.4) is 0 Å². The van der Waals surface area contributed by atoms with Gasteiger partial charge < -0.3 is 15.0 Å². The van der Waals surface area contributed by atoms with Crippen molar-refractivity contribution in [2.45, 2.75) is 64.4 Å². The fourth-order valence-electron chi connectivity index (χ4n) is 4.76. The highest BCUT2D eigenvalue weighted by Gasteiger charge is 2.39. The second kappa shape index (κ2) is 8.43. The van der Waals surface area contributed by atoms with Gasteiger partial charge in [-0.1, -0.05) is 4.49 Å². The van der Waals surface area contributed by atoms with Crippen LogP contribution in [0.2, 0.25) is 0 Å². The van der Waals surface area contributed by atoms with Crippen LogP contribution in [0.4, 0.5) is 5.95 Å². The average Bonchev–Trinajstić information content (AvgIpc) is 3.49. The van der Waals surface area contributed by atoms with Crippen LogP contribution in [0.1, 0.15) is 71.2 Å². The Bertz CT molecular complexity index is 921. The van der Waals surface area contributed by atoms with Crippen molar-refractivity contribution in [3.05, 3.63) is 28.0 Å². The number of amides is 1. The Morgan fingerprint density at radius 2 is 1.94 bits per heavy atom. The van der Waals surface area contributed by atoms with Crippen LogP contribution < -0.4 is 10.2 Å². The van der Waals surface area contributed by atoms with Crippen molar-refractivity contribution in [2.75, 3.05) is 31.1 Å². The van der Waals surface area contributed by atoms with E-state index in [4.69, 9.17) is 4.74 Å². The standard InChI is InChI=1S/C22H30N6O2S/c1-14-11-15(2)25-21(24-14)28-9-7-22(8-10-28)6-5-17(30-13-22)12-23-20(29)18-19(16-3-4-16)31-27-26-18/h11,16-17H,3-10,12-13H2,1-2H3,(H,23,29)/t17-/m1/s1. The number of ether oxygens (including phenoxy) is 1. The molecular weight excluding hydrogens is 412 g/mol. The smallest absolute Gasteiger partial charge is 0.273 e. The maximum absolute atomic E-state index is 12.5. The molecule has 1 atom stereocenters. The molecule has 2 aromatic heterocycles. The third-order valence-corrected chi connectivity index (χ3v) is 7.75. The summed E-state index contributed by atoms with van der Waals surface area (Å²) in [4.78, 5) is 25.1.